The minimum Gasteiger partial charge on any atom is -0.477 e. The summed E-state index contributed by atoms with van der Waals surface area (Å²) in [4.78, 5) is 38.7. The molecule has 0 radical (unpaired) electrons. The molecule has 0 aliphatic carbocycles. The average Bonchev–Trinajstić information content (AvgIpc) is 0.736. The van der Waals surface area contributed by atoms with Gasteiger partial charge in [-0.25, -0.2) is 4.79 Å². The maximum absolute atomic E-state index is 13.5. The molecule has 18 atom stereocenters. The fourth-order valence-electron chi connectivity index (χ4n) is 13.5. The predicted molar refractivity (Wildman–Crippen MR) is 380 cm³/mol. The Labute approximate surface area is 593 Å². The number of amides is 2. The first-order valence-electron chi connectivity index (χ1n) is 38.9. The molecule has 3 fully saturated rings. The lowest BCUT2D eigenvalue weighted by molar-refractivity contribution is -0.386. The topological polar surface area (TPSA) is 373 Å². The first kappa shape index (κ1) is 90.2. The van der Waals surface area contributed by atoms with E-state index in [4.69, 9.17) is 28.4 Å². The molecule has 578 valence electrons. The number of aliphatic carboxylic acids is 1. The number of ether oxygens (including phenoxy) is 6. The van der Waals surface area contributed by atoms with Crippen molar-refractivity contribution in [1.29, 1.82) is 0 Å². The monoisotopic (exact) mass is 1410 g/mol. The van der Waals surface area contributed by atoms with Gasteiger partial charge in [0.05, 0.1) is 50.7 Å². The molecule has 3 heterocycles. The predicted octanol–water partition coefficient (Wildman–Crippen LogP) is 9.35. The van der Waals surface area contributed by atoms with Gasteiger partial charge < -0.3 is 100 Å². The number of carboxylic acids is 1. The van der Waals surface area contributed by atoms with Crippen molar-refractivity contribution in [2.45, 2.75) is 400 Å². The van der Waals surface area contributed by atoms with Gasteiger partial charge in [-0.1, -0.05) is 262 Å². The number of carbonyl (C=O) groups is 3. The zero-order valence-corrected chi connectivity index (χ0v) is 60.8. The first-order valence-corrected chi connectivity index (χ1v) is 38.9. The highest BCUT2D eigenvalue weighted by Crippen LogP contribution is 2.39. The fourth-order valence-corrected chi connectivity index (χ4v) is 13.5. The van der Waals surface area contributed by atoms with Crippen molar-refractivity contribution < 1.29 is 104 Å². The number of hydrogen-bond acceptors (Lipinski definition) is 20. The largest absolute Gasteiger partial charge is 0.477 e. The summed E-state index contributed by atoms with van der Waals surface area (Å²) < 4.78 is 34.9. The zero-order chi connectivity index (χ0) is 72.5. The second-order valence-electron chi connectivity index (χ2n) is 28.2. The van der Waals surface area contributed by atoms with E-state index >= 15 is 0 Å². The average molecular weight is 1420 g/mol. The van der Waals surface area contributed by atoms with Crippen molar-refractivity contribution in [3.63, 3.8) is 0 Å². The van der Waals surface area contributed by atoms with Crippen LogP contribution in [0, 0.1) is 0 Å². The van der Waals surface area contributed by atoms with Gasteiger partial charge >= 0.3 is 5.97 Å². The number of carboxylic acid groups (broad SMARTS) is 1. The number of aliphatic hydroxyl groups excluding tert-OH is 11. The Morgan fingerprint density at radius 2 is 1.01 bits per heavy atom. The first-order chi connectivity index (χ1) is 47.9. The number of aliphatic hydroxyl groups is 11. The molecule has 2 amide bonds. The molecule has 3 rings (SSSR count). The maximum atomic E-state index is 13.5. The summed E-state index contributed by atoms with van der Waals surface area (Å²) in [7, 11) is 0. The van der Waals surface area contributed by atoms with E-state index in [1.54, 1.807) is 6.08 Å². The Morgan fingerprint density at radius 3 is 1.47 bits per heavy atom. The van der Waals surface area contributed by atoms with Crippen molar-refractivity contribution in [3.05, 3.63) is 36.5 Å². The lowest BCUT2D eigenvalue weighted by atomic mass is 9.88. The van der Waals surface area contributed by atoms with Crippen LogP contribution in [-0.2, 0) is 42.8 Å². The number of nitrogens with one attached hydrogen (secondary N) is 2. The van der Waals surface area contributed by atoms with Gasteiger partial charge in [0.1, 0.15) is 67.1 Å². The Bertz CT molecular complexity index is 2130. The van der Waals surface area contributed by atoms with E-state index in [-0.39, 0.29) is 12.3 Å². The molecule has 0 spiro atoms. The highest BCUT2D eigenvalue weighted by molar-refractivity contribution is 5.77. The summed E-state index contributed by atoms with van der Waals surface area (Å²) in [5.41, 5.74) is 0. The second kappa shape index (κ2) is 55.4. The summed E-state index contributed by atoms with van der Waals surface area (Å²) in [6, 6.07) is -2.62. The third-order valence-electron chi connectivity index (χ3n) is 19.6. The number of rotatable bonds is 60. The minimum absolute atomic E-state index is 0.200. The smallest absolute Gasteiger partial charge is 0.364 e. The molecule has 99 heavy (non-hydrogen) atoms. The normalized spacial score (nSPS) is 27.3. The van der Waals surface area contributed by atoms with E-state index in [9.17, 15) is 75.7 Å². The lowest BCUT2D eigenvalue weighted by Gasteiger charge is -2.50. The highest BCUT2D eigenvalue weighted by atomic mass is 16.8. The molecule has 0 saturated carbocycles. The highest BCUT2D eigenvalue weighted by Gasteiger charge is 2.60. The van der Waals surface area contributed by atoms with Crippen LogP contribution in [0.1, 0.15) is 290 Å². The summed E-state index contributed by atoms with van der Waals surface area (Å²) in [5, 5.41) is 136. The van der Waals surface area contributed by atoms with Crippen LogP contribution in [0.5, 0.6) is 0 Å². The van der Waals surface area contributed by atoms with Gasteiger partial charge in [0.25, 0.3) is 5.79 Å². The van der Waals surface area contributed by atoms with Gasteiger partial charge in [-0.05, 0) is 44.9 Å². The molecule has 3 aliphatic heterocycles. The van der Waals surface area contributed by atoms with E-state index < -0.39 is 155 Å². The molecule has 14 N–H and O–H groups in total. The number of carbonyl (C=O) groups excluding carboxylic acids is 2. The summed E-state index contributed by atoms with van der Waals surface area (Å²) in [5.74, 6) is -6.14. The third kappa shape index (κ3) is 36.5. The fraction of sp³-hybridized carbons (Fsp3) is 0.882. The molecule has 23 heteroatoms. The molecular weight excluding hydrogens is 1280 g/mol. The van der Waals surface area contributed by atoms with Gasteiger partial charge in [0.15, 0.2) is 12.6 Å². The van der Waals surface area contributed by atoms with Crippen LogP contribution in [-0.4, -0.2) is 215 Å². The molecular formula is C76H138N2O21. The second-order valence-corrected chi connectivity index (χ2v) is 28.2. The molecule has 23 nitrogen and oxygen atoms in total. The Balaban J connectivity index is 1.55. The van der Waals surface area contributed by atoms with Crippen molar-refractivity contribution in [1.82, 2.24) is 10.6 Å². The third-order valence-corrected chi connectivity index (χ3v) is 19.6. The molecule has 0 bridgehead atoms. The zero-order valence-electron chi connectivity index (χ0n) is 60.8. The lowest BCUT2D eigenvalue weighted by Crippen LogP contribution is -2.70. The molecule has 18 unspecified atom stereocenters. The van der Waals surface area contributed by atoms with Gasteiger partial charge in [-0.15, -0.1) is 0 Å². The van der Waals surface area contributed by atoms with Crippen LogP contribution in [0.2, 0.25) is 0 Å². The van der Waals surface area contributed by atoms with Gasteiger partial charge in [0, 0.05) is 19.8 Å². The maximum Gasteiger partial charge on any atom is 0.364 e. The molecule has 3 aliphatic rings. The van der Waals surface area contributed by atoms with E-state index in [0.29, 0.717) is 12.8 Å². The van der Waals surface area contributed by atoms with Crippen LogP contribution < -0.4 is 10.6 Å². The van der Waals surface area contributed by atoms with Gasteiger partial charge in [-0.2, -0.15) is 0 Å². The van der Waals surface area contributed by atoms with Crippen LogP contribution in [0.15, 0.2) is 36.5 Å². The van der Waals surface area contributed by atoms with E-state index in [1.807, 2.05) is 6.08 Å². The van der Waals surface area contributed by atoms with Gasteiger partial charge in [-0.3, -0.25) is 9.59 Å². The Hall–Kier alpha value is -3.05. The van der Waals surface area contributed by atoms with Crippen molar-refractivity contribution >= 4 is 17.8 Å². The van der Waals surface area contributed by atoms with E-state index in [1.165, 1.54) is 186 Å². The molecule has 3 saturated heterocycles. The van der Waals surface area contributed by atoms with Crippen LogP contribution in [0.3, 0.4) is 0 Å². The Morgan fingerprint density at radius 1 is 0.545 bits per heavy atom. The van der Waals surface area contributed by atoms with Crippen LogP contribution in [0.4, 0.5) is 0 Å². The summed E-state index contributed by atoms with van der Waals surface area (Å²) in [6.45, 7) is 2.07. The van der Waals surface area contributed by atoms with Crippen LogP contribution in [0.25, 0.3) is 0 Å². The SMILES string of the molecule is CC/C=C\C/C=C\CCCCCCCCCCCCCCCCC(=O)NC(COC1OC(CO)C(OC2OC(CO)C(O)C(OC3(C(=O)O)CC(O)C(NC(C)=O)C(C(O)C(O)CO)O3)C2O)C(O)C1O)C(O)/C=C/CCCCCCCCCCCCCCCCCCCCCCCC. The van der Waals surface area contributed by atoms with E-state index in [2.05, 4.69) is 48.8 Å². The number of unbranched alkanes of at least 4 members (excludes halogenated alkanes) is 36. The number of allylic oxidation sites excluding steroid dienone is 5. The molecule has 0 aromatic carbocycles. The van der Waals surface area contributed by atoms with Crippen molar-refractivity contribution in [3.8, 4) is 0 Å². The quantitative estimate of drug-likeness (QED) is 0.0199. The molecule has 0 aromatic rings. The molecule has 0 aromatic heterocycles. The summed E-state index contributed by atoms with van der Waals surface area (Å²) in [6.07, 6.45) is 31.8. The van der Waals surface area contributed by atoms with Crippen molar-refractivity contribution in [2.75, 3.05) is 26.4 Å². The van der Waals surface area contributed by atoms with Crippen molar-refractivity contribution in [2.24, 2.45) is 0 Å². The van der Waals surface area contributed by atoms with Crippen LogP contribution >= 0.6 is 0 Å². The summed E-state index contributed by atoms with van der Waals surface area (Å²) >= 11 is 0. The standard InChI is InChI=1S/C76H138N2O21/c1-4-6-8-10-12-14-16-18-20-22-24-26-27-28-30-31-33-35-37-39-41-43-45-47-49-58(83)57(78-63(86)50-48-46-44-42-40-38-36-34-32-29-25-23-21-19-17-15-13-11-9-7-5-2)55-94-73-68(90)67(89)70(62(54-81)96-73)97-74-69(91)72(66(88)61(53-80)95-74)99-76(75(92)93)51-59(84)64(77-56(3)82)71(98-76)65(87)60(85)52-79/h7,9,13,15,47,49,57-62,64-74,79-81,83-85,87-91H,4-6,8,10-12,14,16-46,48,50-55H2,1-3H3,(H,77,82)(H,78,86)(H,92,93)/b9-7-,15-13-,49-47+. The van der Waals surface area contributed by atoms with E-state index in [0.717, 1.165) is 64.7 Å². The Kier molecular flexibility index (Phi) is 50.5. The number of hydrogen-bond donors (Lipinski definition) is 14. The minimum atomic E-state index is -3.08. The van der Waals surface area contributed by atoms with Gasteiger partial charge in [0.2, 0.25) is 11.8 Å².